The van der Waals surface area contributed by atoms with Gasteiger partial charge in [-0.05, 0) is 18.1 Å². The number of anilines is 1. The van der Waals surface area contributed by atoms with Crippen LogP contribution < -0.4 is 15.2 Å². The van der Waals surface area contributed by atoms with Gasteiger partial charge in [-0.3, -0.25) is 0 Å². The zero-order chi connectivity index (χ0) is 14.2. The Morgan fingerprint density at radius 2 is 1.85 bits per heavy atom. The van der Waals surface area contributed by atoms with Crippen LogP contribution in [0.25, 0.3) is 0 Å². The smallest absolute Gasteiger partial charge is 0.240 e. The number of aromatic nitrogens is 1. The predicted molar refractivity (Wildman–Crippen MR) is 79.8 cm³/mol. The molecule has 0 saturated heterocycles. The van der Waals surface area contributed by atoms with Gasteiger partial charge in [-0.2, -0.15) is 4.98 Å². The molecule has 0 aliphatic heterocycles. The van der Waals surface area contributed by atoms with E-state index in [9.17, 15) is 0 Å². The Balaban J connectivity index is 1.96. The summed E-state index contributed by atoms with van der Waals surface area (Å²) in [7, 11) is 0. The van der Waals surface area contributed by atoms with Crippen LogP contribution in [0.2, 0.25) is 0 Å². The van der Waals surface area contributed by atoms with Crippen molar-refractivity contribution in [1.29, 1.82) is 0 Å². The van der Waals surface area contributed by atoms with Gasteiger partial charge < -0.3 is 15.2 Å². The van der Waals surface area contributed by atoms with Crippen LogP contribution in [0.5, 0.6) is 11.8 Å². The molecule has 0 saturated carbocycles. The van der Waals surface area contributed by atoms with Gasteiger partial charge in [0.05, 0.1) is 12.3 Å². The SMILES string of the molecule is CCCCOc1nc(OCc2ccccc2)ccc1N. The van der Waals surface area contributed by atoms with Crippen molar-refractivity contribution in [3.05, 3.63) is 48.0 Å². The number of nitrogen functional groups attached to an aromatic ring is 1. The Kier molecular flexibility index (Phi) is 5.24. The van der Waals surface area contributed by atoms with E-state index >= 15 is 0 Å². The van der Waals surface area contributed by atoms with Crippen molar-refractivity contribution in [2.45, 2.75) is 26.4 Å². The molecule has 0 amide bonds. The van der Waals surface area contributed by atoms with Crippen molar-refractivity contribution in [3.8, 4) is 11.8 Å². The Morgan fingerprint density at radius 3 is 2.60 bits per heavy atom. The second-order valence-electron chi connectivity index (χ2n) is 4.52. The monoisotopic (exact) mass is 272 g/mol. The number of benzene rings is 1. The van der Waals surface area contributed by atoms with Crippen molar-refractivity contribution < 1.29 is 9.47 Å². The fraction of sp³-hybridized carbons (Fsp3) is 0.312. The number of nitrogens with two attached hydrogens (primary N) is 1. The number of unbranched alkanes of at least 4 members (excludes halogenated alkanes) is 1. The molecule has 0 spiro atoms. The maximum absolute atomic E-state index is 5.84. The van der Waals surface area contributed by atoms with Gasteiger partial charge in [0.15, 0.2) is 0 Å². The molecule has 4 nitrogen and oxygen atoms in total. The van der Waals surface area contributed by atoms with E-state index in [1.165, 1.54) is 0 Å². The van der Waals surface area contributed by atoms with E-state index in [1.807, 2.05) is 30.3 Å². The van der Waals surface area contributed by atoms with E-state index in [4.69, 9.17) is 15.2 Å². The molecule has 106 valence electrons. The number of nitrogens with zero attached hydrogens (tertiary/aromatic N) is 1. The molecule has 0 aliphatic carbocycles. The van der Waals surface area contributed by atoms with Gasteiger partial charge in [-0.25, -0.2) is 0 Å². The van der Waals surface area contributed by atoms with Gasteiger partial charge in [0, 0.05) is 6.07 Å². The first kappa shape index (κ1) is 14.2. The van der Waals surface area contributed by atoms with E-state index in [0.717, 1.165) is 18.4 Å². The van der Waals surface area contributed by atoms with Crippen LogP contribution in [-0.2, 0) is 6.61 Å². The summed E-state index contributed by atoms with van der Waals surface area (Å²) in [5.41, 5.74) is 7.47. The Hall–Kier alpha value is -2.23. The maximum Gasteiger partial charge on any atom is 0.240 e. The fourth-order valence-electron chi connectivity index (χ4n) is 1.67. The second-order valence-corrected chi connectivity index (χ2v) is 4.52. The quantitative estimate of drug-likeness (QED) is 0.785. The van der Waals surface area contributed by atoms with Crippen LogP contribution in [0, 0.1) is 0 Å². The van der Waals surface area contributed by atoms with Crippen LogP contribution in [-0.4, -0.2) is 11.6 Å². The minimum absolute atomic E-state index is 0.448. The van der Waals surface area contributed by atoms with Crippen molar-refractivity contribution in [2.24, 2.45) is 0 Å². The normalized spacial score (nSPS) is 10.2. The van der Waals surface area contributed by atoms with E-state index in [-0.39, 0.29) is 0 Å². The Labute approximate surface area is 119 Å². The first-order valence-corrected chi connectivity index (χ1v) is 6.85. The van der Waals surface area contributed by atoms with Gasteiger partial charge in [-0.1, -0.05) is 43.7 Å². The summed E-state index contributed by atoms with van der Waals surface area (Å²) in [6.45, 7) is 3.21. The van der Waals surface area contributed by atoms with Crippen molar-refractivity contribution in [1.82, 2.24) is 4.98 Å². The molecule has 1 aromatic carbocycles. The van der Waals surface area contributed by atoms with Crippen LogP contribution in [0.1, 0.15) is 25.3 Å². The number of hydrogen-bond donors (Lipinski definition) is 1. The van der Waals surface area contributed by atoms with Crippen molar-refractivity contribution in [3.63, 3.8) is 0 Å². The number of ether oxygens (including phenoxy) is 2. The zero-order valence-corrected chi connectivity index (χ0v) is 11.7. The van der Waals surface area contributed by atoms with Gasteiger partial charge >= 0.3 is 0 Å². The van der Waals surface area contributed by atoms with Gasteiger partial charge in [0.2, 0.25) is 11.8 Å². The summed E-state index contributed by atoms with van der Waals surface area (Å²) < 4.78 is 11.2. The van der Waals surface area contributed by atoms with Gasteiger partial charge in [0.1, 0.15) is 6.61 Å². The Morgan fingerprint density at radius 1 is 1.05 bits per heavy atom. The fourth-order valence-corrected chi connectivity index (χ4v) is 1.67. The number of pyridine rings is 1. The summed E-state index contributed by atoms with van der Waals surface area (Å²) in [5.74, 6) is 0.971. The van der Waals surface area contributed by atoms with Gasteiger partial charge in [0.25, 0.3) is 0 Å². The lowest BCUT2D eigenvalue weighted by Gasteiger charge is -2.10. The summed E-state index contributed by atoms with van der Waals surface area (Å²) in [6.07, 6.45) is 2.06. The molecule has 2 N–H and O–H groups in total. The van der Waals surface area contributed by atoms with Gasteiger partial charge in [-0.15, -0.1) is 0 Å². The molecule has 0 fully saturated rings. The van der Waals surface area contributed by atoms with Crippen molar-refractivity contribution >= 4 is 5.69 Å². The largest absolute Gasteiger partial charge is 0.476 e. The molecule has 4 heteroatoms. The minimum atomic E-state index is 0.448. The Bertz CT molecular complexity index is 529. The lowest BCUT2D eigenvalue weighted by molar-refractivity contribution is 0.271. The highest BCUT2D eigenvalue weighted by Gasteiger charge is 2.05. The summed E-state index contributed by atoms with van der Waals surface area (Å²) in [6, 6.07) is 13.5. The first-order chi connectivity index (χ1) is 9.79. The highest BCUT2D eigenvalue weighted by Crippen LogP contribution is 2.22. The average Bonchev–Trinajstić information content (AvgIpc) is 2.49. The molecule has 20 heavy (non-hydrogen) atoms. The third kappa shape index (κ3) is 4.16. The van der Waals surface area contributed by atoms with Crippen molar-refractivity contribution in [2.75, 3.05) is 12.3 Å². The summed E-state index contributed by atoms with van der Waals surface area (Å²) in [4.78, 5) is 4.29. The third-order valence-electron chi connectivity index (χ3n) is 2.83. The molecular formula is C16H20N2O2. The van der Waals surface area contributed by atoms with E-state index in [0.29, 0.717) is 30.7 Å². The lowest BCUT2D eigenvalue weighted by Crippen LogP contribution is -2.04. The molecule has 0 radical (unpaired) electrons. The van der Waals surface area contributed by atoms with E-state index < -0.39 is 0 Å². The van der Waals surface area contributed by atoms with Crippen LogP contribution in [0.3, 0.4) is 0 Å². The first-order valence-electron chi connectivity index (χ1n) is 6.85. The molecule has 0 unspecified atom stereocenters. The molecule has 0 bridgehead atoms. The highest BCUT2D eigenvalue weighted by atomic mass is 16.5. The zero-order valence-electron chi connectivity index (χ0n) is 11.7. The average molecular weight is 272 g/mol. The molecule has 1 heterocycles. The number of hydrogen-bond acceptors (Lipinski definition) is 4. The minimum Gasteiger partial charge on any atom is -0.476 e. The highest BCUT2D eigenvalue weighted by molar-refractivity contribution is 5.49. The third-order valence-corrected chi connectivity index (χ3v) is 2.83. The molecule has 0 atom stereocenters. The topological polar surface area (TPSA) is 57.4 Å². The van der Waals surface area contributed by atoms with E-state index in [1.54, 1.807) is 12.1 Å². The molecular weight excluding hydrogens is 252 g/mol. The molecule has 2 rings (SSSR count). The predicted octanol–water partition coefficient (Wildman–Crippen LogP) is 3.42. The van der Waals surface area contributed by atoms with E-state index in [2.05, 4.69) is 11.9 Å². The lowest BCUT2D eigenvalue weighted by atomic mass is 10.2. The molecule has 2 aromatic rings. The standard InChI is InChI=1S/C16H20N2O2/c1-2-3-11-19-16-14(17)9-10-15(18-16)20-12-13-7-5-4-6-8-13/h4-10H,2-3,11-12,17H2,1H3. The molecule has 1 aromatic heterocycles. The van der Waals surface area contributed by atoms with Crippen LogP contribution in [0.4, 0.5) is 5.69 Å². The summed E-state index contributed by atoms with van der Waals surface area (Å²) in [5, 5.41) is 0. The summed E-state index contributed by atoms with van der Waals surface area (Å²) >= 11 is 0. The van der Waals surface area contributed by atoms with Crippen LogP contribution >= 0.6 is 0 Å². The van der Waals surface area contributed by atoms with Crippen LogP contribution in [0.15, 0.2) is 42.5 Å². The second kappa shape index (κ2) is 7.38. The molecule has 0 aliphatic rings. The number of rotatable bonds is 7. The maximum atomic E-state index is 5.84.